The number of rotatable bonds is 3. The van der Waals surface area contributed by atoms with Crippen LogP contribution in [0.2, 0.25) is 0 Å². The number of anilines is 1. The van der Waals surface area contributed by atoms with Crippen molar-refractivity contribution in [3.8, 4) is 0 Å². The topological polar surface area (TPSA) is 50.7 Å². The van der Waals surface area contributed by atoms with Crippen LogP contribution < -0.4 is 5.32 Å². The van der Waals surface area contributed by atoms with Gasteiger partial charge in [0.05, 0.1) is 17.1 Å². The smallest absolute Gasteiger partial charge is 0.136 e. The van der Waals surface area contributed by atoms with E-state index >= 15 is 0 Å². The molecule has 0 amide bonds. The van der Waals surface area contributed by atoms with Crippen LogP contribution in [0.25, 0.3) is 0 Å². The van der Waals surface area contributed by atoms with Gasteiger partial charge in [-0.05, 0) is 13.8 Å². The second kappa shape index (κ2) is 4.57. The fourth-order valence-corrected chi connectivity index (χ4v) is 2.10. The summed E-state index contributed by atoms with van der Waals surface area (Å²) in [6.07, 6.45) is 0.695. The first-order chi connectivity index (χ1) is 7.67. The molecule has 0 aliphatic carbocycles. The van der Waals surface area contributed by atoms with E-state index in [4.69, 9.17) is 0 Å². The predicted octanol–water partition coefficient (Wildman–Crippen LogP) is 2.18. The minimum absolute atomic E-state index is 0.695. The van der Waals surface area contributed by atoms with Crippen LogP contribution in [-0.2, 0) is 6.42 Å². The van der Waals surface area contributed by atoms with Gasteiger partial charge in [0.25, 0.3) is 0 Å². The summed E-state index contributed by atoms with van der Waals surface area (Å²) in [7, 11) is 1.86. The Morgan fingerprint density at radius 3 is 2.69 bits per heavy atom. The molecule has 0 saturated heterocycles. The lowest BCUT2D eigenvalue weighted by atomic mass is 10.3. The molecule has 16 heavy (non-hydrogen) atoms. The van der Waals surface area contributed by atoms with Crippen molar-refractivity contribution in [2.45, 2.75) is 20.3 Å². The molecule has 0 bridgehead atoms. The van der Waals surface area contributed by atoms with Crippen molar-refractivity contribution in [2.24, 2.45) is 0 Å². The van der Waals surface area contributed by atoms with Crippen LogP contribution in [0.5, 0.6) is 0 Å². The molecule has 0 aliphatic rings. The molecular weight excluding hydrogens is 220 g/mol. The molecule has 2 rings (SSSR count). The van der Waals surface area contributed by atoms with Crippen LogP contribution in [0.4, 0.5) is 5.82 Å². The van der Waals surface area contributed by atoms with Crippen LogP contribution in [0.3, 0.4) is 0 Å². The highest BCUT2D eigenvalue weighted by Gasteiger charge is 2.05. The Balaban J connectivity index is 2.24. The molecule has 0 spiro atoms. The molecule has 0 fully saturated rings. The maximum absolute atomic E-state index is 4.41. The molecule has 1 N–H and O–H groups in total. The second-order valence-electron chi connectivity index (χ2n) is 3.60. The fourth-order valence-electron chi connectivity index (χ4n) is 1.49. The summed E-state index contributed by atoms with van der Waals surface area (Å²) in [4.78, 5) is 13.2. The van der Waals surface area contributed by atoms with E-state index in [9.17, 15) is 0 Å². The highest BCUT2D eigenvalue weighted by Crippen LogP contribution is 2.12. The third kappa shape index (κ3) is 2.55. The maximum atomic E-state index is 4.41. The summed E-state index contributed by atoms with van der Waals surface area (Å²) in [5.74, 6) is 1.67. The van der Waals surface area contributed by atoms with Crippen molar-refractivity contribution in [3.05, 3.63) is 33.7 Å². The largest absolute Gasteiger partial charge is 0.373 e. The summed E-state index contributed by atoms with van der Waals surface area (Å²) in [6.45, 7) is 3.97. The van der Waals surface area contributed by atoms with Gasteiger partial charge >= 0.3 is 0 Å². The highest BCUT2D eigenvalue weighted by molar-refractivity contribution is 7.09. The number of nitrogens with zero attached hydrogens (tertiary/aromatic N) is 3. The molecule has 5 heteroatoms. The Hall–Kier alpha value is -1.49. The number of aryl methyl sites for hydroxylation is 2. The van der Waals surface area contributed by atoms with Crippen molar-refractivity contribution in [1.29, 1.82) is 0 Å². The third-order valence-corrected chi connectivity index (χ3v) is 2.98. The lowest BCUT2D eigenvalue weighted by Gasteiger charge is -2.03. The highest BCUT2D eigenvalue weighted by atomic mass is 32.1. The van der Waals surface area contributed by atoms with E-state index in [1.54, 1.807) is 11.3 Å². The van der Waals surface area contributed by atoms with E-state index in [0.717, 1.165) is 28.0 Å². The van der Waals surface area contributed by atoms with Crippen LogP contribution in [-0.4, -0.2) is 22.0 Å². The van der Waals surface area contributed by atoms with Gasteiger partial charge in [0.15, 0.2) is 0 Å². The van der Waals surface area contributed by atoms with Gasteiger partial charge in [-0.15, -0.1) is 11.3 Å². The molecule has 0 saturated carbocycles. The first-order valence-corrected chi connectivity index (χ1v) is 5.98. The van der Waals surface area contributed by atoms with E-state index < -0.39 is 0 Å². The molecule has 0 aromatic carbocycles. The van der Waals surface area contributed by atoms with E-state index in [-0.39, 0.29) is 0 Å². The normalized spacial score (nSPS) is 10.4. The summed E-state index contributed by atoms with van der Waals surface area (Å²) in [5.41, 5.74) is 2.01. The molecular formula is C11H14N4S. The van der Waals surface area contributed by atoms with Gasteiger partial charge in [0.2, 0.25) is 0 Å². The van der Waals surface area contributed by atoms with Gasteiger partial charge in [-0.1, -0.05) is 0 Å². The van der Waals surface area contributed by atoms with E-state index in [0.29, 0.717) is 6.42 Å². The van der Waals surface area contributed by atoms with Gasteiger partial charge in [-0.2, -0.15) is 0 Å². The Kier molecular flexibility index (Phi) is 3.14. The molecule has 4 nitrogen and oxygen atoms in total. The molecule has 0 unspecified atom stereocenters. The Morgan fingerprint density at radius 1 is 1.25 bits per heavy atom. The number of aromatic nitrogens is 3. The van der Waals surface area contributed by atoms with Crippen LogP contribution in [0.15, 0.2) is 11.4 Å². The zero-order chi connectivity index (χ0) is 11.5. The van der Waals surface area contributed by atoms with Gasteiger partial charge < -0.3 is 5.32 Å². The van der Waals surface area contributed by atoms with E-state index in [1.807, 2.05) is 27.0 Å². The van der Waals surface area contributed by atoms with Crippen molar-refractivity contribution in [3.63, 3.8) is 0 Å². The summed E-state index contributed by atoms with van der Waals surface area (Å²) in [5, 5.41) is 6.17. The van der Waals surface area contributed by atoms with E-state index in [2.05, 4.69) is 25.6 Å². The zero-order valence-corrected chi connectivity index (χ0v) is 10.4. The Labute approximate surface area is 98.8 Å². The number of hydrogen-bond donors (Lipinski definition) is 1. The van der Waals surface area contributed by atoms with Gasteiger partial charge in [-0.25, -0.2) is 15.0 Å². The standard InChI is InChI=1S/C11H14N4S/c1-7-4-10(12-3)15-11(13-7)5-9-6-16-8(2)14-9/h4,6H,5H2,1-3H3,(H,12,13,15). The predicted molar refractivity (Wildman–Crippen MR) is 66.0 cm³/mol. The molecule has 0 radical (unpaired) electrons. The second-order valence-corrected chi connectivity index (χ2v) is 4.66. The molecule has 0 atom stereocenters. The average molecular weight is 234 g/mol. The Bertz CT molecular complexity index is 492. The van der Waals surface area contributed by atoms with Crippen molar-refractivity contribution >= 4 is 17.2 Å². The summed E-state index contributed by atoms with van der Waals surface area (Å²) < 4.78 is 0. The molecule has 84 valence electrons. The third-order valence-electron chi connectivity index (χ3n) is 2.16. The lowest BCUT2D eigenvalue weighted by molar-refractivity contribution is 0.922. The van der Waals surface area contributed by atoms with Gasteiger partial charge in [0.1, 0.15) is 11.6 Å². The average Bonchev–Trinajstić information content (AvgIpc) is 2.63. The number of nitrogens with one attached hydrogen (secondary N) is 1. The Morgan fingerprint density at radius 2 is 2.06 bits per heavy atom. The summed E-state index contributed by atoms with van der Waals surface area (Å²) >= 11 is 1.66. The van der Waals surface area contributed by atoms with Crippen LogP contribution in [0.1, 0.15) is 22.2 Å². The first-order valence-electron chi connectivity index (χ1n) is 5.10. The lowest BCUT2D eigenvalue weighted by Crippen LogP contribution is -2.02. The molecule has 2 heterocycles. The fraction of sp³-hybridized carbons (Fsp3) is 0.364. The minimum atomic E-state index is 0.695. The SMILES string of the molecule is CNc1cc(C)nc(Cc2csc(C)n2)n1. The van der Waals surface area contributed by atoms with Crippen LogP contribution in [0, 0.1) is 13.8 Å². The number of hydrogen-bond acceptors (Lipinski definition) is 5. The monoisotopic (exact) mass is 234 g/mol. The molecule has 2 aromatic heterocycles. The quantitative estimate of drug-likeness (QED) is 0.884. The maximum Gasteiger partial charge on any atom is 0.136 e. The minimum Gasteiger partial charge on any atom is -0.373 e. The van der Waals surface area contributed by atoms with E-state index in [1.165, 1.54) is 0 Å². The van der Waals surface area contributed by atoms with Crippen molar-refractivity contribution in [2.75, 3.05) is 12.4 Å². The van der Waals surface area contributed by atoms with Crippen molar-refractivity contribution in [1.82, 2.24) is 15.0 Å². The van der Waals surface area contributed by atoms with Gasteiger partial charge in [-0.3, -0.25) is 0 Å². The molecule has 2 aromatic rings. The summed E-state index contributed by atoms with van der Waals surface area (Å²) in [6, 6.07) is 1.93. The van der Waals surface area contributed by atoms with Crippen molar-refractivity contribution < 1.29 is 0 Å². The van der Waals surface area contributed by atoms with Gasteiger partial charge in [0, 0.05) is 24.2 Å². The zero-order valence-electron chi connectivity index (χ0n) is 9.61. The first kappa shape index (κ1) is 11.0. The number of thiazole rings is 1. The molecule has 0 aliphatic heterocycles. The van der Waals surface area contributed by atoms with Crippen LogP contribution >= 0.6 is 11.3 Å².